The average Bonchev–Trinajstić information content (AvgIpc) is 2.54. The van der Waals surface area contributed by atoms with Gasteiger partial charge in [-0.15, -0.1) is 0 Å². The van der Waals surface area contributed by atoms with Crippen LogP contribution in [0.25, 0.3) is 0 Å². The van der Waals surface area contributed by atoms with Crippen LogP contribution in [0.1, 0.15) is 11.1 Å². The van der Waals surface area contributed by atoms with Crippen molar-refractivity contribution < 1.29 is 30.8 Å². The fourth-order valence-electron chi connectivity index (χ4n) is 1.87. The first kappa shape index (κ1) is 17.7. The predicted octanol–water partition coefficient (Wildman–Crippen LogP) is 2.57. The molecule has 0 amide bonds. The Morgan fingerprint density at radius 3 is 2.04 bits per heavy atom. The molecule has 0 spiro atoms. The molecule has 6 nitrogen and oxygen atoms in total. The summed E-state index contributed by atoms with van der Waals surface area (Å²) in [5.41, 5.74) is 1.72. The van der Waals surface area contributed by atoms with Crippen LogP contribution in [-0.4, -0.2) is 21.5 Å². The highest BCUT2D eigenvalue weighted by Gasteiger charge is 2.09. The van der Waals surface area contributed by atoms with Gasteiger partial charge >= 0.3 is 16.5 Å². The van der Waals surface area contributed by atoms with Gasteiger partial charge in [-0.05, 0) is 35.4 Å². The monoisotopic (exact) mass is 354 g/mol. The number of hydrogen-bond donors (Lipinski definition) is 0. The standard InChI is InChI=1S/C16H15FO6S/c1-21-16(18)10-12-2-4-13(5-3-12)11-22-14-6-8-15(9-7-14)23-24(17,19)20/h2-9H,10-11H2,1H3. The van der Waals surface area contributed by atoms with Crippen molar-refractivity contribution in [3.8, 4) is 11.5 Å². The van der Waals surface area contributed by atoms with Gasteiger partial charge in [-0.3, -0.25) is 4.79 Å². The lowest BCUT2D eigenvalue weighted by Crippen LogP contribution is -2.04. The van der Waals surface area contributed by atoms with Gasteiger partial charge in [0, 0.05) is 0 Å². The lowest BCUT2D eigenvalue weighted by molar-refractivity contribution is -0.139. The molecule has 0 aliphatic heterocycles. The van der Waals surface area contributed by atoms with Gasteiger partial charge in [0.05, 0.1) is 13.5 Å². The second kappa shape index (κ2) is 7.78. The summed E-state index contributed by atoms with van der Waals surface area (Å²) in [6.45, 7) is 0.278. The molecule has 0 heterocycles. The summed E-state index contributed by atoms with van der Waals surface area (Å²) in [7, 11) is -3.70. The molecule has 128 valence electrons. The van der Waals surface area contributed by atoms with Crippen LogP contribution in [0, 0.1) is 0 Å². The minimum Gasteiger partial charge on any atom is -0.489 e. The number of methoxy groups -OCH3 is 1. The van der Waals surface area contributed by atoms with Gasteiger partial charge in [0.2, 0.25) is 0 Å². The molecule has 0 aliphatic rings. The normalized spacial score (nSPS) is 10.9. The third-order valence-electron chi connectivity index (χ3n) is 3.02. The highest BCUT2D eigenvalue weighted by molar-refractivity contribution is 7.81. The van der Waals surface area contributed by atoms with Crippen LogP contribution in [0.15, 0.2) is 48.5 Å². The maximum Gasteiger partial charge on any atom is 0.488 e. The molecule has 0 aliphatic carbocycles. The van der Waals surface area contributed by atoms with Crippen molar-refractivity contribution in [2.75, 3.05) is 7.11 Å². The molecule has 24 heavy (non-hydrogen) atoms. The average molecular weight is 354 g/mol. The Balaban J connectivity index is 1.90. The van der Waals surface area contributed by atoms with Gasteiger partial charge < -0.3 is 13.7 Å². The molecule has 0 aromatic heterocycles. The summed E-state index contributed by atoms with van der Waals surface area (Å²) >= 11 is 0. The lowest BCUT2D eigenvalue weighted by Gasteiger charge is -2.08. The van der Waals surface area contributed by atoms with E-state index in [1.54, 1.807) is 12.1 Å². The summed E-state index contributed by atoms with van der Waals surface area (Å²) in [5.74, 6) is 0.0193. The van der Waals surface area contributed by atoms with Gasteiger partial charge in [0.1, 0.15) is 18.1 Å². The fraction of sp³-hybridized carbons (Fsp3) is 0.188. The first-order valence-electron chi connectivity index (χ1n) is 6.87. The van der Waals surface area contributed by atoms with E-state index in [2.05, 4.69) is 8.92 Å². The maximum atomic E-state index is 12.4. The zero-order valence-electron chi connectivity index (χ0n) is 12.8. The third kappa shape index (κ3) is 5.88. The number of ether oxygens (including phenoxy) is 2. The number of esters is 1. The summed E-state index contributed by atoms with van der Waals surface area (Å²) in [6.07, 6.45) is 0.205. The predicted molar refractivity (Wildman–Crippen MR) is 83.6 cm³/mol. The molecule has 0 fully saturated rings. The van der Waals surface area contributed by atoms with E-state index in [-0.39, 0.29) is 24.7 Å². The Morgan fingerprint density at radius 1 is 0.958 bits per heavy atom. The molecule has 0 saturated heterocycles. The molecule has 2 aromatic rings. The highest BCUT2D eigenvalue weighted by Crippen LogP contribution is 2.20. The van der Waals surface area contributed by atoms with E-state index in [0.717, 1.165) is 11.1 Å². The number of hydrogen-bond acceptors (Lipinski definition) is 6. The van der Waals surface area contributed by atoms with Crippen LogP contribution >= 0.6 is 0 Å². The first-order chi connectivity index (χ1) is 11.4. The first-order valence-corrected chi connectivity index (χ1v) is 8.18. The maximum absolute atomic E-state index is 12.4. The molecule has 2 rings (SSSR count). The molecule has 0 atom stereocenters. The SMILES string of the molecule is COC(=O)Cc1ccc(COc2ccc(OS(=O)(=O)F)cc2)cc1. The van der Waals surface area contributed by atoms with Crippen molar-refractivity contribution in [2.24, 2.45) is 0 Å². The summed E-state index contributed by atoms with van der Waals surface area (Å²) in [5, 5.41) is 0. The van der Waals surface area contributed by atoms with E-state index in [9.17, 15) is 17.1 Å². The Hall–Kier alpha value is -2.61. The topological polar surface area (TPSA) is 78.9 Å². The smallest absolute Gasteiger partial charge is 0.488 e. The van der Waals surface area contributed by atoms with Crippen LogP contribution < -0.4 is 8.92 Å². The van der Waals surface area contributed by atoms with Crippen molar-refractivity contribution >= 4 is 16.5 Å². The fourth-order valence-corrected chi connectivity index (χ4v) is 2.21. The van der Waals surface area contributed by atoms with Gasteiger partial charge in [0.25, 0.3) is 0 Å². The van der Waals surface area contributed by atoms with Crippen LogP contribution in [0.5, 0.6) is 11.5 Å². The van der Waals surface area contributed by atoms with E-state index in [4.69, 9.17) is 4.74 Å². The van der Waals surface area contributed by atoms with E-state index in [1.165, 1.54) is 31.4 Å². The molecule has 0 N–H and O–H groups in total. The Labute approximate surface area is 139 Å². The minimum atomic E-state index is -5.03. The molecule has 0 saturated carbocycles. The van der Waals surface area contributed by atoms with Crippen LogP contribution in [0.4, 0.5) is 3.89 Å². The Morgan fingerprint density at radius 2 is 1.50 bits per heavy atom. The number of halogens is 1. The van der Waals surface area contributed by atoms with Crippen LogP contribution in [-0.2, 0) is 33.1 Å². The number of carbonyl (C=O) groups is 1. The van der Waals surface area contributed by atoms with Gasteiger partial charge in [0.15, 0.2) is 0 Å². The van der Waals surface area contributed by atoms with Gasteiger partial charge in [-0.25, -0.2) is 0 Å². The van der Waals surface area contributed by atoms with E-state index in [1.807, 2.05) is 12.1 Å². The van der Waals surface area contributed by atoms with E-state index in [0.29, 0.717) is 5.75 Å². The van der Waals surface area contributed by atoms with Crippen molar-refractivity contribution in [3.63, 3.8) is 0 Å². The highest BCUT2D eigenvalue weighted by atomic mass is 32.3. The van der Waals surface area contributed by atoms with Crippen molar-refractivity contribution in [3.05, 3.63) is 59.7 Å². The molecule has 0 bridgehead atoms. The summed E-state index contributed by atoms with van der Waals surface area (Å²) in [4.78, 5) is 11.2. The quantitative estimate of drug-likeness (QED) is 0.562. The van der Waals surface area contributed by atoms with E-state index < -0.39 is 10.5 Å². The lowest BCUT2D eigenvalue weighted by atomic mass is 10.1. The summed E-state index contributed by atoms with van der Waals surface area (Å²) in [6, 6.07) is 12.8. The van der Waals surface area contributed by atoms with Crippen molar-refractivity contribution in [2.45, 2.75) is 13.0 Å². The Kier molecular flexibility index (Phi) is 5.75. The number of rotatable bonds is 7. The Bertz CT molecular complexity index is 784. The number of carbonyl (C=O) groups excluding carboxylic acids is 1. The van der Waals surface area contributed by atoms with Gasteiger partial charge in [-0.2, -0.15) is 8.42 Å². The van der Waals surface area contributed by atoms with Gasteiger partial charge in [-0.1, -0.05) is 28.2 Å². The van der Waals surface area contributed by atoms with E-state index >= 15 is 0 Å². The molecule has 8 heteroatoms. The molecule has 0 unspecified atom stereocenters. The molecule has 0 radical (unpaired) electrons. The largest absolute Gasteiger partial charge is 0.489 e. The zero-order valence-corrected chi connectivity index (χ0v) is 13.6. The molecule has 2 aromatic carbocycles. The second-order valence-electron chi connectivity index (χ2n) is 4.81. The van der Waals surface area contributed by atoms with Crippen LogP contribution in [0.3, 0.4) is 0 Å². The zero-order chi connectivity index (χ0) is 17.6. The van der Waals surface area contributed by atoms with Crippen molar-refractivity contribution in [1.82, 2.24) is 0 Å². The number of benzene rings is 2. The van der Waals surface area contributed by atoms with Crippen LogP contribution in [0.2, 0.25) is 0 Å². The molecular weight excluding hydrogens is 339 g/mol. The summed E-state index contributed by atoms with van der Waals surface area (Å²) < 4.78 is 47.3. The molecular formula is C16H15FO6S. The van der Waals surface area contributed by atoms with Crippen molar-refractivity contribution in [1.29, 1.82) is 0 Å². The third-order valence-corrected chi connectivity index (χ3v) is 3.42. The second-order valence-corrected chi connectivity index (χ2v) is 5.76. The minimum absolute atomic E-state index is 0.142.